The van der Waals surface area contributed by atoms with Crippen LogP contribution in [0.15, 0.2) is 12.1 Å². The van der Waals surface area contributed by atoms with Gasteiger partial charge in [0, 0.05) is 15.8 Å². The van der Waals surface area contributed by atoms with Crippen molar-refractivity contribution in [3.63, 3.8) is 0 Å². The third-order valence-corrected chi connectivity index (χ3v) is 6.78. The molecule has 4 atom stereocenters. The summed E-state index contributed by atoms with van der Waals surface area (Å²) in [5.74, 6) is 3.12. The standard InChI is InChI=1S/C18H29NS/c1-3-9-19-17(18-8-7-16(4-2)20-18)12-15-11-13-5-6-14(15)10-13/h7-8,13-15,17,19H,3-6,9-12H2,1-2H3. The van der Waals surface area contributed by atoms with Gasteiger partial charge in [0.1, 0.15) is 0 Å². The predicted molar refractivity (Wildman–Crippen MR) is 88.3 cm³/mol. The van der Waals surface area contributed by atoms with Crippen LogP contribution in [0, 0.1) is 17.8 Å². The molecule has 112 valence electrons. The van der Waals surface area contributed by atoms with Crippen LogP contribution in [0.25, 0.3) is 0 Å². The van der Waals surface area contributed by atoms with E-state index < -0.39 is 0 Å². The molecule has 4 unspecified atom stereocenters. The SMILES string of the molecule is CCCNC(CC1CC2CCC1C2)c1ccc(CC)s1. The summed E-state index contributed by atoms with van der Waals surface area (Å²) in [5, 5.41) is 3.82. The van der Waals surface area contributed by atoms with E-state index in [0.29, 0.717) is 6.04 Å². The summed E-state index contributed by atoms with van der Waals surface area (Å²) in [4.78, 5) is 3.12. The van der Waals surface area contributed by atoms with Gasteiger partial charge in [-0.3, -0.25) is 0 Å². The van der Waals surface area contributed by atoms with Crippen LogP contribution in [-0.4, -0.2) is 6.54 Å². The second kappa shape index (κ2) is 6.62. The Balaban J connectivity index is 1.66. The van der Waals surface area contributed by atoms with E-state index in [-0.39, 0.29) is 0 Å². The van der Waals surface area contributed by atoms with Gasteiger partial charge >= 0.3 is 0 Å². The minimum atomic E-state index is 0.615. The van der Waals surface area contributed by atoms with Gasteiger partial charge in [0.25, 0.3) is 0 Å². The van der Waals surface area contributed by atoms with E-state index >= 15 is 0 Å². The van der Waals surface area contributed by atoms with Gasteiger partial charge in [-0.25, -0.2) is 0 Å². The Morgan fingerprint density at radius 2 is 2.15 bits per heavy atom. The molecule has 2 bridgehead atoms. The summed E-state index contributed by atoms with van der Waals surface area (Å²) in [5.41, 5.74) is 0. The molecular weight excluding hydrogens is 262 g/mol. The highest BCUT2D eigenvalue weighted by Gasteiger charge is 2.40. The third-order valence-electron chi connectivity index (χ3n) is 5.44. The number of nitrogens with one attached hydrogen (secondary N) is 1. The fourth-order valence-corrected chi connectivity index (χ4v) is 5.40. The van der Waals surface area contributed by atoms with Crippen molar-refractivity contribution in [1.82, 2.24) is 5.32 Å². The molecule has 1 heterocycles. The molecule has 0 aromatic carbocycles. The van der Waals surface area contributed by atoms with Crippen molar-refractivity contribution in [3.05, 3.63) is 21.9 Å². The molecule has 2 heteroatoms. The summed E-state index contributed by atoms with van der Waals surface area (Å²) in [6.45, 7) is 5.69. The van der Waals surface area contributed by atoms with Crippen LogP contribution in [0.2, 0.25) is 0 Å². The van der Waals surface area contributed by atoms with E-state index in [4.69, 9.17) is 0 Å². The molecule has 2 saturated carbocycles. The first-order valence-corrected chi connectivity index (χ1v) is 9.43. The molecule has 20 heavy (non-hydrogen) atoms. The van der Waals surface area contributed by atoms with Gasteiger partial charge in [0.2, 0.25) is 0 Å². The minimum absolute atomic E-state index is 0.615. The molecule has 0 radical (unpaired) electrons. The van der Waals surface area contributed by atoms with Gasteiger partial charge in [-0.1, -0.05) is 20.3 Å². The first kappa shape index (κ1) is 14.6. The average molecular weight is 292 g/mol. The fraction of sp³-hybridized carbons (Fsp3) is 0.778. The van der Waals surface area contributed by atoms with E-state index in [9.17, 15) is 0 Å². The molecule has 2 aliphatic rings. The van der Waals surface area contributed by atoms with Crippen LogP contribution in [0.5, 0.6) is 0 Å². The zero-order valence-electron chi connectivity index (χ0n) is 13.0. The number of aryl methyl sites for hydroxylation is 1. The van der Waals surface area contributed by atoms with Crippen LogP contribution < -0.4 is 5.32 Å². The van der Waals surface area contributed by atoms with Crippen molar-refractivity contribution in [2.24, 2.45) is 17.8 Å². The lowest BCUT2D eigenvalue weighted by molar-refractivity contribution is 0.280. The Morgan fingerprint density at radius 3 is 2.75 bits per heavy atom. The highest BCUT2D eigenvalue weighted by molar-refractivity contribution is 7.12. The Labute approximate surface area is 128 Å². The zero-order valence-corrected chi connectivity index (χ0v) is 13.8. The highest BCUT2D eigenvalue weighted by atomic mass is 32.1. The molecule has 2 fully saturated rings. The Hall–Kier alpha value is -0.340. The lowest BCUT2D eigenvalue weighted by Gasteiger charge is -2.27. The van der Waals surface area contributed by atoms with Crippen molar-refractivity contribution in [2.75, 3.05) is 6.54 Å². The zero-order chi connectivity index (χ0) is 13.9. The Bertz CT molecular complexity index is 425. The van der Waals surface area contributed by atoms with E-state index in [1.807, 2.05) is 11.3 Å². The van der Waals surface area contributed by atoms with Crippen LogP contribution in [0.1, 0.15) is 68.2 Å². The maximum Gasteiger partial charge on any atom is 0.0417 e. The quantitative estimate of drug-likeness (QED) is 0.730. The van der Waals surface area contributed by atoms with Crippen LogP contribution in [-0.2, 0) is 6.42 Å². The number of thiophene rings is 1. The lowest BCUT2D eigenvalue weighted by atomic mass is 9.84. The summed E-state index contributed by atoms with van der Waals surface area (Å²) < 4.78 is 0. The predicted octanol–water partition coefficient (Wildman–Crippen LogP) is 5.18. The van der Waals surface area contributed by atoms with Crippen molar-refractivity contribution in [3.8, 4) is 0 Å². The maximum absolute atomic E-state index is 3.82. The smallest absolute Gasteiger partial charge is 0.0417 e. The molecule has 0 aliphatic heterocycles. The number of hydrogen-bond donors (Lipinski definition) is 1. The van der Waals surface area contributed by atoms with Gasteiger partial charge in [0.15, 0.2) is 0 Å². The van der Waals surface area contributed by atoms with Crippen LogP contribution in [0.4, 0.5) is 0 Å². The molecule has 0 amide bonds. The molecule has 1 aromatic heterocycles. The average Bonchev–Trinajstić information content (AvgIpc) is 3.18. The van der Waals surface area contributed by atoms with Gasteiger partial charge in [-0.05, 0) is 75.0 Å². The van der Waals surface area contributed by atoms with Crippen molar-refractivity contribution < 1.29 is 0 Å². The molecule has 1 N–H and O–H groups in total. The maximum atomic E-state index is 3.82. The van der Waals surface area contributed by atoms with Crippen molar-refractivity contribution in [1.29, 1.82) is 0 Å². The topological polar surface area (TPSA) is 12.0 Å². The summed E-state index contributed by atoms with van der Waals surface area (Å²) in [6.07, 6.45) is 9.88. The molecular formula is C18H29NS. The first-order chi connectivity index (χ1) is 9.80. The third kappa shape index (κ3) is 3.12. The molecule has 1 nitrogen and oxygen atoms in total. The largest absolute Gasteiger partial charge is 0.309 e. The Kier molecular flexibility index (Phi) is 4.83. The molecule has 2 aliphatic carbocycles. The van der Waals surface area contributed by atoms with E-state index in [2.05, 4.69) is 31.3 Å². The summed E-state index contributed by atoms with van der Waals surface area (Å²) in [7, 11) is 0. The number of rotatable bonds is 7. The van der Waals surface area contributed by atoms with E-state index in [1.54, 1.807) is 4.88 Å². The first-order valence-electron chi connectivity index (χ1n) is 8.62. The number of fused-ring (bicyclic) bond motifs is 2. The van der Waals surface area contributed by atoms with Gasteiger partial charge in [-0.2, -0.15) is 0 Å². The van der Waals surface area contributed by atoms with Gasteiger partial charge < -0.3 is 5.32 Å². The van der Waals surface area contributed by atoms with Gasteiger partial charge in [0.05, 0.1) is 0 Å². The second-order valence-electron chi connectivity index (χ2n) is 6.83. The van der Waals surface area contributed by atoms with Crippen molar-refractivity contribution in [2.45, 2.75) is 64.8 Å². The lowest BCUT2D eigenvalue weighted by Crippen LogP contribution is -2.25. The summed E-state index contributed by atoms with van der Waals surface area (Å²) in [6, 6.07) is 5.33. The van der Waals surface area contributed by atoms with E-state index in [0.717, 1.165) is 24.3 Å². The Morgan fingerprint density at radius 1 is 1.25 bits per heavy atom. The minimum Gasteiger partial charge on any atom is -0.309 e. The highest BCUT2D eigenvalue weighted by Crippen LogP contribution is 2.51. The van der Waals surface area contributed by atoms with Crippen molar-refractivity contribution >= 4 is 11.3 Å². The van der Waals surface area contributed by atoms with Gasteiger partial charge in [-0.15, -0.1) is 11.3 Å². The monoisotopic (exact) mass is 291 g/mol. The van der Waals surface area contributed by atoms with E-state index in [1.165, 1.54) is 49.8 Å². The van der Waals surface area contributed by atoms with Crippen LogP contribution >= 0.6 is 11.3 Å². The molecule has 0 saturated heterocycles. The normalized spacial score (nSPS) is 30.0. The fourth-order valence-electron chi connectivity index (χ4n) is 4.36. The summed E-state index contributed by atoms with van der Waals surface area (Å²) >= 11 is 2.03. The van der Waals surface area contributed by atoms with Crippen LogP contribution in [0.3, 0.4) is 0 Å². The number of hydrogen-bond acceptors (Lipinski definition) is 2. The molecule has 1 aromatic rings. The molecule has 0 spiro atoms. The second-order valence-corrected chi connectivity index (χ2v) is 8.03. The molecule has 3 rings (SSSR count).